The van der Waals surface area contributed by atoms with Crippen molar-refractivity contribution in [2.45, 2.75) is 52.9 Å². The fourth-order valence-corrected chi connectivity index (χ4v) is 10.4. The van der Waals surface area contributed by atoms with E-state index in [4.69, 9.17) is 0 Å². The SMILES string of the molecule is Cc1ccccc1.Cc1ccccc1-c1cc(-c2ccc3c(c2)c2ccccc2n3-c2ccc3c(c2)C(C)(C)c2ccc4c5c(n(-c6ccccc6)c4c2-3)C=CCC5)ccc1C. The maximum atomic E-state index is 2.53. The summed E-state index contributed by atoms with van der Waals surface area (Å²) in [5.74, 6) is 0. The minimum absolute atomic E-state index is 0.164. The first-order chi connectivity index (χ1) is 30.3. The third-order valence-corrected chi connectivity index (χ3v) is 13.6. The Morgan fingerprint density at radius 3 is 1.95 bits per heavy atom. The zero-order chi connectivity index (χ0) is 42.1. The average molecular weight is 799 g/mol. The highest BCUT2D eigenvalue weighted by atomic mass is 15.0. The van der Waals surface area contributed by atoms with Gasteiger partial charge in [0.05, 0.1) is 16.6 Å². The van der Waals surface area contributed by atoms with Crippen molar-refractivity contribution in [3.05, 3.63) is 221 Å². The molecule has 0 spiro atoms. The lowest BCUT2D eigenvalue weighted by molar-refractivity contribution is 0.660. The summed E-state index contributed by atoms with van der Waals surface area (Å²) in [4.78, 5) is 0. The Bertz CT molecular complexity index is 3390. The van der Waals surface area contributed by atoms with Crippen LogP contribution in [-0.4, -0.2) is 9.13 Å². The molecule has 0 N–H and O–H groups in total. The van der Waals surface area contributed by atoms with Crippen molar-refractivity contribution in [3.8, 4) is 44.8 Å². The van der Waals surface area contributed by atoms with Gasteiger partial charge in [-0.1, -0.05) is 153 Å². The van der Waals surface area contributed by atoms with Gasteiger partial charge in [0, 0.05) is 44.2 Å². The molecule has 10 aromatic rings. The van der Waals surface area contributed by atoms with Crippen LogP contribution in [0.1, 0.15) is 59.3 Å². The summed E-state index contributed by atoms with van der Waals surface area (Å²) < 4.78 is 5.01. The molecule has 0 unspecified atom stereocenters. The summed E-state index contributed by atoms with van der Waals surface area (Å²) in [5, 5.41) is 3.93. The number of hydrogen-bond acceptors (Lipinski definition) is 0. The number of aromatic nitrogens is 2. The van der Waals surface area contributed by atoms with E-state index in [9.17, 15) is 0 Å². The molecule has 0 amide bonds. The molecule has 2 aliphatic rings. The van der Waals surface area contributed by atoms with Gasteiger partial charge in [-0.15, -0.1) is 0 Å². The number of hydrogen-bond donors (Lipinski definition) is 0. The molecule has 2 nitrogen and oxygen atoms in total. The molecule has 0 saturated carbocycles. The van der Waals surface area contributed by atoms with Crippen LogP contribution in [0.25, 0.3) is 83.5 Å². The molecule has 0 atom stereocenters. The van der Waals surface area contributed by atoms with E-state index < -0.39 is 0 Å². The van der Waals surface area contributed by atoms with Gasteiger partial charge in [0.1, 0.15) is 0 Å². The Morgan fingerprint density at radius 2 is 1.16 bits per heavy atom. The first-order valence-corrected chi connectivity index (χ1v) is 22.1. The second-order valence-corrected chi connectivity index (χ2v) is 17.8. The summed E-state index contributed by atoms with van der Waals surface area (Å²) in [6.07, 6.45) is 6.84. The molecule has 0 radical (unpaired) electrons. The number of para-hydroxylation sites is 2. The van der Waals surface area contributed by atoms with Crippen molar-refractivity contribution in [2.75, 3.05) is 0 Å². The van der Waals surface area contributed by atoms with E-state index in [-0.39, 0.29) is 5.41 Å². The van der Waals surface area contributed by atoms with Crippen molar-refractivity contribution in [1.29, 1.82) is 0 Å². The first-order valence-electron chi connectivity index (χ1n) is 22.1. The average Bonchev–Trinajstić information content (AvgIpc) is 3.90. The normalized spacial score (nSPS) is 13.5. The summed E-state index contributed by atoms with van der Waals surface area (Å²) >= 11 is 0. The number of nitrogens with zero attached hydrogens (tertiary/aromatic N) is 2. The van der Waals surface area contributed by atoms with E-state index in [1.807, 2.05) is 18.2 Å². The molecular weight excluding hydrogens is 749 g/mol. The van der Waals surface area contributed by atoms with Gasteiger partial charge in [0.25, 0.3) is 0 Å². The third-order valence-electron chi connectivity index (χ3n) is 13.6. The van der Waals surface area contributed by atoms with Crippen LogP contribution in [0.4, 0.5) is 0 Å². The van der Waals surface area contributed by atoms with Crippen LogP contribution in [0.15, 0.2) is 182 Å². The molecule has 300 valence electrons. The zero-order valence-corrected chi connectivity index (χ0v) is 36.2. The van der Waals surface area contributed by atoms with Crippen LogP contribution in [0.3, 0.4) is 0 Å². The van der Waals surface area contributed by atoms with E-state index in [2.05, 4.69) is 214 Å². The van der Waals surface area contributed by atoms with Crippen molar-refractivity contribution in [1.82, 2.24) is 9.13 Å². The molecular formula is C60H50N2. The van der Waals surface area contributed by atoms with Crippen LogP contribution in [0.2, 0.25) is 0 Å². The summed E-state index contributed by atoms with van der Waals surface area (Å²) in [6.45, 7) is 11.3. The molecule has 0 aliphatic heterocycles. The molecule has 2 heterocycles. The Morgan fingerprint density at radius 1 is 0.468 bits per heavy atom. The molecule has 2 heteroatoms. The largest absolute Gasteiger partial charge is 0.309 e. The Hall–Kier alpha value is -7.16. The fourth-order valence-electron chi connectivity index (χ4n) is 10.4. The molecule has 2 aliphatic carbocycles. The standard InChI is InChI=1S/C53H42N2.C7H8/c1-33-14-8-9-17-39(33)44-30-35(23-22-34(44)2)36-24-29-50-45(31-36)41-19-11-12-20-48(41)54(50)38-25-26-43-47(32-38)53(3,4)46-28-27-42-40-18-10-13-21-49(40)55(52(42)51(43)46)37-15-6-5-7-16-37;1-7-5-3-2-4-6-7/h5-9,11-17,19-32H,10,18H2,1-4H3;2-6H,1H3. The second kappa shape index (κ2) is 14.8. The Kier molecular flexibility index (Phi) is 9.02. The molecule has 0 bridgehead atoms. The van der Waals surface area contributed by atoms with E-state index in [1.54, 1.807) is 0 Å². The van der Waals surface area contributed by atoms with Crippen LogP contribution in [0, 0.1) is 20.8 Å². The monoisotopic (exact) mass is 798 g/mol. The number of allylic oxidation sites excluding steroid dienone is 1. The quantitative estimate of drug-likeness (QED) is 0.168. The number of fused-ring (bicyclic) bond motifs is 10. The van der Waals surface area contributed by atoms with Gasteiger partial charge in [-0.2, -0.15) is 0 Å². The third kappa shape index (κ3) is 6.00. The minimum atomic E-state index is -0.164. The van der Waals surface area contributed by atoms with Gasteiger partial charge in [-0.3, -0.25) is 0 Å². The fraction of sp³-hybridized carbons (Fsp3) is 0.133. The van der Waals surface area contributed by atoms with Gasteiger partial charge in [0.2, 0.25) is 0 Å². The Labute approximate surface area is 365 Å². The summed E-state index contributed by atoms with van der Waals surface area (Å²) in [5.41, 5.74) is 23.3. The molecule has 8 aromatic carbocycles. The van der Waals surface area contributed by atoms with Crippen LogP contribution in [0.5, 0.6) is 0 Å². The van der Waals surface area contributed by atoms with Crippen LogP contribution < -0.4 is 0 Å². The first kappa shape index (κ1) is 37.8. The van der Waals surface area contributed by atoms with Crippen molar-refractivity contribution >= 4 is 38.8 Å². The Balaban J connectivity index is 0.000000565. The lowest BCUT2D eigenvalue weighted by Gasteiger charge is -2.22. The van der Waals surface area contributed by atoms with Gasteiger partial charge in [0.15, 0.2) is 0 Å². The van der Waals surface area contributed by atoms with Crippen LogP contribution >= 0.6 is 0 Å². The van der Waals surface area contributed by atoms with E-state index in [0.717, 1.165) is 12.8 Å². The van der Waals surface area contributed by atoms with Gasteiger partial charge >= 0.3 is 0 Å². The van der Waals surface area contributed by atoms with Crippen LogP contribution in [-0.2, 0) is 11.8 Å². The summed E-state index contributed by atoms with van der Waals surface area (Å²) in [7, 11) is 0. The van der Waals surface area contributed by atoms with E-state index >= 15 is 0 Å². The van der Waals surface area contributed by atoms with Gasteiger partial charge in [-0.05, 0) is 144 Å². The van der Waals surface area contributed by atoms with Crippen molar-refractivity contribution in [3.63, 3.8) is 0 Å². The maximum absolute atomic E-state index is 2.53. The van der Waals surface area contributed by atoms with Gasteiger partial charge < -0.3 is 9.13 Å². The highest BCUT2D eigenvalue weighted by Crippen LogP contribution is 2.54. The summed E-state index contributed by atoms with van der Waals surface area (Å²) in [6, 6.07) is 64.8. The lowest BCUT2D eigenvalue weighted by Crippen LogP contribution is -2.15. The minimum Gasteiger partial charge on any atom is -0.309 e. The molecule has 0 saturated heterocycles. The topological polar surface area (TPSA) is 9.86 Å². The predicted octanol–water partition coefficient (Wildman–Crippen LogP) is 15.9. The molecule has 12 rings (SSSR count). The van der Waals surface area contributed by atoms with Crippen molar-refractivity contribution < 1.29 is 0 Å². The highest BCUT2D eigenvalue weighted by Gasteiger charge is 2.39. The lowest BCUT2D eigenvalue weighted by atomic mass is 9.82. The van der Waals surface area contributed by atoms with E-state index in [1.165, 1.54) is 117 Å². The second-order valence-electron chi connectivity index (χ2n) is 17.8. The predicted molar refractivity (Wildman–Crippen MR) is 264 cm³/mol. The zero-order valence-electron chi connectivity index (χ0n) is 36.2. The molecule has 62 heavy (non-hydrogen) atoms. The molecule has 2 aromatic heterocycles. The number of rotatable bonds is 4. The number of benzene rings is 8. The molecule has 0 fully saturated rings. The number of aryl methyl sites for hydroxylation is 4. The smallest absolute Gasteiger partial charge is 0.0619 e. The van der Waals surface area contributed by atoms with Gasteiger partial charge in [-0.25, -0.2) is 0 Å². The van der Waals surface area contributed by atoms with Crippen molar-refractivity contribution in [2.24, 2.45) is 0 Å². The maximum Gasteiger partial charge on any atom is 0.0619 e. The highest BCUT2D eigenvalue weighted by molar-refractivity contribution is 6.11. The van der Waals surface area contributed by atoms with E-state index in [0.29, 0.717) is 0 Å².